The molecule has 0 aromatic rings. The molecule has 2 fully saturated rings. The summed E-state index contributed by atoms with van der Waals surface area (Å²) in [5.41, 5.74) is 0. The summed E-state index contributed by atoms with van der Waals surface area (Å²) in [6, 6.07) is -0.334. The smallest absolute Gasteiger partial charge is 0.307 e. The SMILES string of the molecule is O=C1CC(S(=O)(=O)F)CN1C1CCCC1O. The summed E-state index contributed by atoms with van der Waals surface area (Å²) in [6.45, 7) is -0.126. The Bertz CT molecular complexity index is 396. The van der Waals surface area contributed by atoms with Crippen LogP contribution in [0.3, 0.4) is 0 Å². The summed E-state index contributed by atoms with van der Waals surface area (Å²) in [5.74, 6) is -0.378. The Hall–Kier alpha value is -0.690. The van der Waals surface area contributed by atoms with Gasteiger partial charge in [-0.1, -0.05) is 0 Å². The predicted molar refractivity (Wildman–Crippen MR) is 53.8 cm³/mol. The first-order valence-electron chi connectivity index (χ1n) is 5.30. The van der Waals surface area contributed by atoms with E-state index in [2.05, 4.69) is 0 Å². The minimum absolute atomic E-state index is 0.126. The van der Waals surface area contributed by atoms with Gasteiger partial charge in [-0.2, -0.15) is 8.42 Å². The molecule has 16 heavy (non-hydrogen) atoms. The van der Waals surface area contributed by atoms with E-state index in [1.54, 1.807) is 0 Å². The molecule has 0 bridgehead atoms. The van der Waals surface area contributed by atoms with Gasteiger partial charge in [-0.3, -0.25) is 4.79 Å². The molecule has 3 atom stereocenters. The number of carbonyl (C=O) groups is 1. The van der Waals surface area contributed by atoms with E-state index in [1.165, 1.54) is 4.90 Å². The Kier molecular flexibility index (Phi) is 2.91. The van der Waals surface area contributed by atoms with E-state index in [0.717, 1.165) is 6.42 Å². The minimum Gasteiger partial charge on any atom is -0.391 e. The molecule has 1 N–H and O–H groups in total. The maximum atomic E-state index is 12.8. The van der Waals surface area contributed by atoms with Crippen LogP contribution in [0.4, 0.5) is 3.89 Å². The molecule has 0 radical (unpaired) electrons. The van der Waals surface area contributed by atoms with Gasteiger partial charge in [0, 0.05) is 13.0 Å². The predicted octanol–water partition coefficient (Wildman–Crippen LogP) is -0.200. The molecule has 5 nitrogen and oxygen atoms in total. The first-order valence-corrected chi connectivity index (χ1v) is 6.75. The van der Waals surface area contributed by atoms with E-state index >= 15 is 0 Å². The van der Waals surface area contributed by atoms with Crippen molar-refractivity contribution >= 4 is 16.1 Å². The average molecular weight is 251 g/mol. The van der Waals surface area contributed by atoms with Crippen molar-refractivity contribution in [1.29, 1.82) is 0 Å². The zero-order valence-corrected chi connectivity index (χ0v) is 9.49. The molecule has 1 saturated carbocycles. The van der Waals surface area contributed by atoms with Crippen LogP contribution in [0, 0.1) is 0 Å². The van der Waals surface area contributed by atoms with E-state index in [4.69, 9.17) is 0 Å². The maximum Gasteiger partial charge on any atom is 0.307 e. The first-order chi connectivity index (χ1) is 7.39. The molecule has 1 aliphatic heterocycles. The second-order valence-corrected chi connectivity index (χ2v) is 6.03. The summed E-state index contributed by atoms with van der Waals surface area (Å²) in [4.78, 5) is 12.9. The highest BCUT2D eigenvalue weighted by Crippen LogP contribution is 2.30. The molecular weight excluding hydrogens is 237 g/mol. The third-order valence-electron chi connectivity index (χ3n) is 3.37. The van der Waals surface area contributed by atoms with Crippen LogP contribution in [-0.2, 0) is 15.0 Å². The molecule has 1 heterocycles. The second-order valence-electron chi connectivity index (χ2n) is 4.41. The van der Waals surface area contributed by atoms with Crippen LogP contribution in [0.5, 0.6) is 0 Å². The molecule has 0 aromatic carbocycles. The lowest BCUT2D eigenvalue weighted by molar-refractivity contribution is -0.131. The third-order valence-corrected chi connectivity index (χ3v) is 4.48. The Morgan fingerprint density at radius 1 is 1.38 bits per heavy atom. The van der Waals surface area contributed by atoms with Crippen molar-refractivity contribution in [2.75, 3.05) is 6.54 Å². The maximum absolute atomic E-state index is 12.8. The Morgan fingerprint density at radius 3 is 2.50 bits per heavy atom. The lowest BCUT2D eigenvalue weighted by Crippen LogP contribution is -2.42. The molecular formula is C9H14FNO4S. The van der Waals surface area contributed by atoms with Gasteiger partial charge in [-0.15, -0.1) is 3.89 Å². The van der Waals surface area contributed by atoms with Gasteiger partial charge in [0.2, 0.25) is 5.91 Å². The molecule has 0 aromatic heterocycles. The summed E-state index contributed by atoms with van der Waals surface area (Å²) in [5, 5.41) is 8.36. The van der Waals surface area contributed by atoms with E-state index in [9.17, 15) is 22.2 Å². The lowest BCUT2D eigenvalue weighted by atomic mass is 10.2. The van der Waals surface area contributed by atoms with Crippen molar-refractivity contribution in [3.05, 3.63) is 0 Å². The van der Waals surface area contributed by atoms with Crippen molar-refractivity contribution < 1.29 is 22.2 Å². The lowest BCUT2D eigenvalue weighted by Gasteiger charge is -2.26. The number of halogens is 1. The molecule has 1 aliphatic carbocycles. The Morgan fingerprint density at radius 2 is 2.06 bits per heavy atom. The van der Waals surface area contributed by atoms with Crippen LogP contribution in [0.2, 0.25) is 0 Å². The fourth-order valence-corrected chi connectivity index (χ4v) is 3.17. The number of rotatable bonds is 2. The third kappa shape index (κ3) is 2.06. The molecule has 92 valence electrons. The van der Waals surface area contributed by atoms with Crippen LogP contribution < -0.4 is 0 Å². The number of hydrogen-bond donors (Lipinski definition) is 1. The van der Waals surface area contributed by atoms with Crippen molar-refractivity contribution in [3.8, 4) is 0 Å². The molecule has 0 spiro atoms. The zero-order valence-electron chi connectivity index (χ0n) is 8.67. The van der Waals surface area contributed by atoms with Gasteiger partial charge >= 0.3 is 10.2 Å². The van der Waals surface area contributed by atoms with Crippen molar-refractivity contribution in [2.45, 2.75) is 43.1 Å². The quantitative estimate of drug-likeness (QED) is 0.690. The van der Waals surface area contributed by atoms with Gasteiger partial charge in [0.15, 0.2) is 0 Å². The average Bonchev–Trinajstić information content (AvgIpc) is 2.70. The van der Waals surface area contributed by atoms with Gasteiger partial charge in [0.05, 0.1) is 12.1 Å². The van der Waals surface area contributed by atoms with Gasteiger partial charge in [0.25, 0.3) is 0 Å². The van der Waals surface area contributed by atoms with Crippen LogP contribution in [-0.4, -0.2) is 48.3 Å². The van der Waals surface area contributed by atoms with Gasteiger partial charge in [0.1, 0.15) is 5.25 Å². The van der Waals surface area contributed by atoms with Crippen LogP contribution >= 0.6 is 0 Å². The van der Waals surface area contributed by atoms with Crippen molar-refractivity contribution in [1.82, 2.24) is 4.90 Å². The summed E-state index contributed by atoms with van der Waals surface area (Å²) >= 11 is 0. The normalized spacial score (nSPS) is 36.0. The molecule has 1 amide bonds. The molecule has 2 aliphatic rings. The standard InChI is InChI=1S/C9H14FNO4S/c10-16(14,15)6-4-9(13)11(5-6)7-2-1-3-8(7)12/h6-8,12H,1-5H2. The van der Waals surface area contributed by atoms with E-state index in [1.807, 2.05) is 0 Å². The van der Waals surface area contributed by atoms with E-state index in [-0.39, 0.29) is 24.9 Å². The summed E-state index contributed by atoms with van der Waals surface area (Å²) in [7, 11) is -4.66. The van der Waals surface area contributed by atoms with Crippen molar-refractivity contribution in [2.24, 2.45) is 0 Å². The molecule has 3 unspecified atom stereocenters. The number of likely N-dealkylation sites (tertiary alicyclic amines) is 1. The zero-order chi connectivity index (χ0) is 11.9. The first kappa shape index (κ1) is 11.8. The Labute approximate surface area is 93.4 Å². The molecule has 2 rings (SSSR count). The van der Waals surface area contributed by atoms with Gasteiger partial charge in [-0.25, -0.2) is 0 Å². The highest BCUT2D eigenvalue weighted by atomic mass is 32.3. The number of nitrogens with zero attached hydrogens (tertiary/aromatic N) is 1. The number of aliphatic hydroxyl groups is 1. The number of carbonyl (C=O) groups excluding carboxylic acids is 1. The van der Waals surface area contributed by atoms with E-state index < -0.39 is 21.6 Å². The molecule has 7 heteroatoms. The van der Waals surface area contributed by atoms with Gasteiger partial charge < -0.3 is 10.0 Å². The molecule has 1 saturated heterocycles. The number of hydrogen-bond acceptors (Lipinski definition) is 4. The highest BCUT2D eigenvalue weighted by molar-refractivity contribution is 7.87. The Balaban J connectivity index is 2.11. The highest BCUT2D eigenvalue weighted by Gasteiger charge is 2.44. The van der Waals surface area contributed by atoms with Crippen molar-refractivity contribution in [3.63, 3.8) is 0 Å². The second kappa shape index (κ2) is 3.96. The van der Waals surface area contributed by atoms with Crippen LogP contribution in [0.15, 0.2) is 0 Å². The van der Waals surface area contributed by atoms with E-state index in [0.29, 0.717) is 12.8 Å². The fraction of sp³-hybridized carbons (Fsp3) is 0.889. The van der Waals surface area contributed by atoms with Crippen LogP contribution in [0.1, 0.15) is 25.7 Å². The minimum atomic E-state index is -4.66. The largest absolute Gasteiger partial charge is 0.391 e. The summed E-state index contributed by atoms with van der Waals surface area (Å²) in [6.07, 6.45) is 1.17. The number of aliphatic hydroxyl groups excluding tert-OH is 1. The van der Waals surface area contributed by atoms with Crippen LogP contribution in [0.25, 0.3) is 0 Å². The monoisotopic (exact) mass is 251 g/mol. The topological polar surface area (TPSA) is 74.7 Å². The summed E-state index contributed by atoms with van der Waals surface area (Å²) < 4.78 is 34.2. The van der Waals surface area contributed by atoms with Gasteiger partial charge in [-0.05, 0) is 19.3 Å². The number of amides is 1. The fourth-order valence-electron chi connectivity index (χ4n) is 2.49.